The maximum Gasteiger partial charge on any atom is 0.0590 e. The molecule has 1 aliphatic carbocycles. The second kappa shape index (κ2) is 3.03. The van der Waals surface area contributed by atoms with Gasteiger partial charge in [-0.25, -0.2) is 0 Å². The van der Waals surface area contributed by atoms with Crippen LogP contribution in [0.2, 0.25) is 0 Å². The van der Waals surface area contributed by atoms with Gasteiger partial charge >= 0.3 is 0 Å². The van der Waals surface area contributed by atoms with Crippen molar-refractivity contribution < 1.29 is 0 Å². The zero-order chi connectivity index (χ0) is 6.97. The van der Waals surface area contributed by atoms with Crippen LogP contribution in [0.25, 0.3) is 0 Å². The normalized spacial score (nSPS) is 39.8. The Balaban J connectivity index is 2.03. The number of rotatable bonds is 0. The third kappa shape index (κ3) is 1.36. The summed E-state index contributed by atoms with van der Waals surface area (Å²) in [5, 5.41) is 0.941. The summed E-state index contributed by atoms with van der Waals surface area (Å²) in [4.78, 5) is 0. The molecule has 2 rings (SSSR count). The molecule has 0 bridgehead atoms. The minimum absolute atomic E-state index is 0.941. The van der Waals surface area contributed by atoms with E-state index in [9.17, 15) is 0 Å². The molecule has 0 nitrogen and oxygen atoms in total. The highest BCUT2D eigenvalue weighted by Crippen LogP contribution is 2.48. The van der Waals surface area contributed by atoms with Crippen LogP contribution in [-0.4, -0.2) is 9.45 Å². The van der Waals surface area contributed by atoms with Crippen molar-refractivity contribution in [2.45, 2.75) is 30.9 Å². The Hall–Kier alpha value is 0.790. The SMILES string of the molecule is S=C1CC2CCCC2SS1. The Morgan fingerprint density at radius 1 is 1.40 bits per heavy atom. The molecule has 56 valence electrons. The van der Waals surface area contributed by atoms with Gasteiger partial charge in [0.25, 0.3) is 0 Å². The minimum Gasteiger partial charge on any atom is -0.0847 e. The van der Waals surface area contributed by atoms with Crippen LogP contribution in [0, 0.1) is 5.92 Å². The molecular weight excluding hydrogens is 180 g/mol. The molecule has 2 unspecified atom stereocenters. The lowest BCUT2D eigenvalue weighted by Gasteiger charge is -2.23. The first-order chi connectivity index (χ1) is 4.86. The fraction of sp³-hybridized carbons (Fsp3) is 0.857. The monoisotopic (exact) mass is 190 g/mol. The highest BCUT2D eigenvalue weighted by Gasteiger charge is 2.32. The van der Waals surface area contributed by atoms with Crippen molar-refractivity contribution in [2.24, 2.45) is 5.92 Å². The predicted octanol–water partition coefficient (Wildman–Crippen LogP) is 3.27. The molecule has 1 heterocycles. The molecule has 1 aliphatic heterocycles. The second-order valence-corrected chi connectivity index (χ2v) is 6.27. The zero-order valence-electron chi connectivity index (χ0n) is 5.71. The fourth-order valence-electron chi connectivity index (χ4n) is 1.73. The number of fused-ring (bicyclic) bond motifs is 1. The summed E-state index contributed by atoms with van der Waals surface area (Å²) in [6.45, 7) is 0. The molecule has 2 fully saturated rings. The van der Waals surface area contributed by atoms with E-state index in [1.807, 2.05) is 21.6 Å². The van der Waals surface area contributed by atoms with Crippen LogP contribution < -0.4 is 0 Å². The lowest BCUT2D eigenvalue weighted by atomic mass is 10.1. The molecule has 0 aromatic heterocycles. The van der Waals surface area contributed by atoms with Crippen molar-refractivity contribution in [1.29, 1.82) is 0 Å². The van der Waals surface area contributed by atoms with E-state index in [1.54, 1.807) is 0 Å². The third-order valence-electron chi connectivity index (χ3n) is 2.28. The summed E-state index contributed by atoms with van der Waals surface area (Å²) in [6.07, 6.45) is 5.52. The highest BCUT2D eigenvalue weighted by molar-refractivity contribution is 8.84. The summed E-state index contributed by atoms with van der Waals surface area (Å²) in [5.74, 6) is 0.943. The van der Waals surface area contributed by atoms with Crippen LogP contribution >= 0.6 is 33.8 Å². The molecule has 0 amide bonds. The minimum atomic E-state index is 0.941. The van der Waals surface area contributed by atoms with Crippen LogP contribution in [0.4, 0.5) is 0 Å². The summed E-state index contributed by atoms with van der Waals surface area (Å²) in [6, 6.07) is 0. The molecule has 3 heteroatoms. The molecule has 1 saturated carbocycles. The Morgan fingerprint density at radius 3 is 3.20 bits per heavy atom. The predicted molar refractivity (Wildman–Crippen MR) is 53.5 cm³/mol. The van der Waals surface area contributed by atoms with Crippen molar-refractivity contribution in [3.8, 4) is 0 Å². The van der Waals surface area contributed by atoms with Crippen molar-refractivity contribution in [3.63, 3.8) is 0 Å². The lowest BCUT2D eigenvalue weighted by Crippen LogP contribution is -2.15. The van der Waals surface area contributed by atoms with Gasteiger partial charge in [0.05, 0.1) is 4.20 Å². The zero-order valence-corrected chi connectivity index (χ0v) is 8.16. The van der Waals surface area contributed by atoms with E-state index in [0.29, 0.717) is 0 Å². The van der Waals surface area contributed by atoms with E-state index in [0.717, 1.165) is 11.2 Å². The Bertz CT molecular complexity index is 155. The summed E-state index contributed by atoms with van der Waals surface area (Å²) >= 11 is 5.17. The molecule has 0 aromatic rings. The lowest BCUT2D eigenvalue weighted by molar-refractivity contribution is 0.591. The summed E-state index contributed by atoms with van der Waals surface area (Å²) < 4.78 is 1.23. The Kier molecular flexibility index (Phi) is 2.26. The first kappa shape index (κ1) is 7.44. The van der Waals surface area contributed by atoms with Crippen LogP contribution in [0.15, 0.2) is 0 Å². The molecule has 1 saturated heterocycles. The number of hydrogen-bond acceptors (Lipinski definition) is 3. The topological polar surface area (TPSA) is 0 Å². The third-order valence-corrected chi connectivity index (χ3v) is 5.97. The van der Waals surface area contributed by atoms with Gasteiger partial charge in [-0.05, 0) is 25.2 Å². The molecule has 0 N–H and O–H groups in total. The smallest absolute Gasteiger partial charge is 0.0590 e. The van der Waals surface area contributed by atoms with Crippen molar-refractivity contribution in [1.82, 2.24) is 0 Å². The van der Waals surface area contributed by atoms with E-state index < -0.39 is 0 Å². The number of thiocarbonyl (C=S) groups is 1. The van der Waals surface area contributed by atoms with Crippen LogP contribution in [0.5, 0.6) is 0 Å². The number of hydrogen-bond donors (Lipinski definition) is 0. The van der Waals surface area contributed by atoms with Gasteiger partial charge in [0.2, 0.25) is 0 Å². The van der Waals surface area contributed by atoms with Gasteiger partial charge < -0.3 is 0 Å². The van der Waals surface area contributed by atoms with Crippen LogP contribution in [0.3, 0.4) is 0 Å². The van der Waals surface area contributed by atoms with Gasteiger partial charge in [-0.15, -0.1) is 0 Å². The largest absolute Gasteiger partial charge is 0.0847 e. The molecular formula is C7H10S3. The average molecular weight is 190 g/mol. The van der Waals surface area contributed by atoms with Crippen LogP contribution in [0.1, 0.15) is 25.7 Å². The Morgan fingerprint density at radius 2 is 2.30 bits per heavy atom. The van der Waals surface area contributed by atoms with E-state index in [2.05, 4.69) is 0 Å². The maximum atomic E-state index is 5.17. The van der Waals surface area contributed by atoms with Crippen molar-refractivity contribution in [3.05, 3.63) is 0 Å². The van der Waals surface area contributed by atoms with E-state index in [-0.39, 0.29) is 0 Å². The van der Waals surface area contributed by atoms with E-state index in [4.69, 9.17) is 12.2 Å². The van der Waals surface area contributed by atoms with Crippen molar-refractivity contribution >= 4 is 38.0 Å². The fourth-order valence-corrected chi connectivity index (χ4v) is 5.12. The van der Waals surface area contributed by atoms with Crippen molar-refractivity contribution in [2.75, 3.05) is 0 Å². The molecule has 0 spiro atoms. The first-order valence-corrected chi connectivity index (χ1v) is 6.34. The summed E-state index contributed by atoms with van der Waals surface area (Å²) in [7, 11) is 3.86. The summed E-state index contributed by atoms with van der Waals surface area (Å²) in [5.41, 5.74) is 0. The highest BCUT2D eigenvalue weighted by atomic mass is 33.1. The quantitative estimate of drug-likeness (QED) is 0.425. The van der Waals surface area contributed by atoms with Gasteiger partial charge in [-0.3, -0.25) is 0 Å². The van der Waals surface area contributed by atoms with Gasteiger partial charge in [-0.2, -0.15) is 0 Å². The second-order valence-electron chi connectivity index (χ2n) is 2.99. The van der Waals surface area contributed by atoms with Gasteiger partial charge in [0.15, 0.2) is 0 Å². The molecule has 0 radical (unpaired) electrons. The molecule has 10 heavy (non-hydrogen) atoms. The average Bonchev–Trinajstić information content (AvgIpc) is 2.33. The van der Waals surface area contributed by atoms with Gasteiger partial charge in [-0.1, -0.05) is 40.2 Å². The van der Waals surface area contributed by atoms with Gasteiger partial charge in [0.1, 0.15) is 0 Å². The molecule has 2 atom stereocenters. The Labute approximate surface area is 74.9 Å². The standard InChI is InChI=1S/C7H10S3/c8-7-4-5-2-1-3-6(5)9-10-7/h5-6H,1-4H2. The van der Waals surface area contributed by atoms with Crippen LogP contribution in [-0.2, 0) is 0 Å². The van der Waals surface area contributed by atoms with E-state index >= 15 is 0 Å². The van der Waals surface area contributed by atoms with Gasteiger partial charge in [0, 0.05) is 5.25 Å². The van der Waals surface area contributed by atoms with E-state index in [1.165, 1.54) is 29.9 Å². The molecule has 0 aromatic carbocycles. The maximum absolute atomic E-state index is 5.17. The first-order valence-electron chi connectivity index (χ1n) is 3.72. The molecule has 2 aliphatic rings.